The smallest absolute Gasteiger partial charge is 0.354 e. The van der Waals surface area contributed by atoms with E-state index in [1.165, 1.54) is 13.0 Å². The van der Waals surface area contributed by atoms with Gasteiger partial charge in [0.05, 0.1) is 12.5 Å². The summed E-state index contributed by atoms with van der Waals surface area (Å²) in [6, 6.07) is 1.35. The number of hydrogen-bond donors (Lipinski definition) is 4. The molecular weight excluding hydrogens is 242 g/mol. The topological polar surface area (TPSA) is 128 Å². The highest BCUT2D eigenvalue weighted by Crippen LogP contribution is 2.20. The molecule has 2 atom stereocenters. The van der Waals surface area contributed by atoms with E-state index in [0.29, 0.717) is 5.56 Å². The lowest BCUT2D eigenvalue weighted by atomic mass is 10.0. The standard InChI is InChI=1S/C11H13NO6/c1-5-2-6(4-12-9(5)11(17)18)10(16)7(13)3-8(14)15/h2,4,7,10,13,16H,3H2,1H3,(H,14,15)(H,17,18). The maximum Gasteiger partial charge on any atom is 0.354 e. The number of aromatic carboxylic acids is 1. The number of carbonyl (C=O) groups is 2. The van der Waals surface area contributed by atoms with Gasteiger partial charge in [0.2, 0.25) is 0 Å². The number of aliphatic carboxylic acids is 1. The molecule has 0 aliphatic rings. The van der Waals surface area contributed by atoms with E-state index < -0.39 is 30.6 Å². The summed E-state index contributed by atoms with van der Waals surface area (Å²) in [6.07, 6.45) is -2.40. The van der Waals surface area contributed by atoms with E-state index in [2.05, 4.69) is 4.98 Å². The number of carboxylic acid groups (broad SMARTS) is 2. The van der Waals surface area contributed by atoms with Crippen LogP contribution < -0.4 is 0 Å². The molecule has 1 heterocycles. The van der Waals surface area contributed by atoms with Crippen molar-refractivity contribution in [1.82, 2.24) is 4.98 Å². The van der Waals surface area contributed by atoms with Crippen LogP contribution in [0.25, 0.3) is 0 Å². The Labute approximate surface area is 102 Å². The highest BCUT2D eigenvalue weighted by atomic mass is 16.4. The molecule has 7 heteroatoms. The average molecular weight is 255 g/mol. The van der Waals surface area contributed by atoms with Gasteiger partial charge < -0.3 is 20.4 Å². The molecule has 0 bridgehead atoms. The minimum Gasteiger partial charge on any atom is -0.481 e. The molecule has 4 N–H and O–H groups in total. The molecule has 0 saturated heterocycles. The number of aliphatic hydroxyl groups is 2. The van der Waals surface area contributed by atoms with Gasteiger partial charge in [-0.1, -0.05) is 0 Å². The second-order valence-corrected chi connectivity index (χ2v) is 3.85. The first-order valence-corrected chi connectivity index (χ1v) is 5.10. The van der Waals surface area contributed by atoms with Crippen LogP contribution >= 0.6 is 0 Å². The maximum atomic E-state index is 10.7. The van der Waals surface area contributed by atoms with E-state index in [1.54, 1.807) is 0 Å². The summed E-state index contributed by atoms with van der Waals surface area (Å²) in [5.41, 5.74) is 0.339. The first kappa shape index (κ1) is 14.1. The minimum absolute atomic E-state index is 0.154. The summed E-state index contributed by atoms with van der Waals surface area (Å²) in [6.45, 7) is 1.50. The summed E-state index contributed by atoms with van der Waals surface area (Å²) in [5.74, 6) is -2.44. The van der Waals surface area contributed by atoms with Crippen molar-refractivity contribution in [1.29, 1.82) is 0 Å². The SMILES string of the molecule is Cc1cc(C(O)C(O)CC(=O)O)cnc1C(=O)O. The van der Waals surface area contributed by atoms with Gasteiger partial charge in [0.15, 0.2) is 5.69 Å². The van der Waals surface area contributed by atoms with Crippen LogP contribution in [-0.2, 0) is 4.79 Å². The number of rotatable bonds is 5. The largest absolute Gasteiger partial charge is 0.481 e. The number of aliphatic hydroxyl groups excluding tert-OH is 2. The Morgan fingerprint density at radius 1 is 1.33 bits per heavy atom. The van der Waals surface area contributed by atoms with Crippen molar-refractivity contribution in [2.45, 2.75) is 25.6 Å². The van der Waals surface area contributed by atoms with Crippen molar-refractivity contribution >= 4 is 11.9 Å². The zero-order chi connectivity index (χ0) is 13.9. The van der Waals surface area contributed by atoms with Crippen molar-refractivity contribution in [3.63, 3.8) is 0 Å². The summed E-state index contributed by atoms with van der Waals surface area (Å²) in [5, 5.41) is 36.4. The highest BCUT2D eigenvalue weighted by Gasteiger charge is 2.22. The number of aryl methyl sites for hydroxylation is 1. The van der Waals surface area contributed by atoms with Crippen LogP contribution in [0.2, 0.25) is 0 Å². The van der Waals surface area contributed by atoms with Crippen LogP contribution in [0.4, 0.5) is 0 Å². The third-order valence-corrected chi connectivity index (χ3v) is 2.39. The third-order valence-electron chi connectivity index (χ3n) is 2.39. The predicted octanol–water partition coefficient (Wildman–Crippen LogP) is -0.0428. The fourth-order valence-electron chi connectivity index (χ4n) is 1.49. The van der Waals surface area contributed by atoms with Gasteiger partial charge >= 0.3 is 11.9 Å². The third kappa shape index (κ3) is 3.25. The van der Waals surface area contributed by atoms with Gasteiger partial charge in [0.1, 0.15) is 6.10 Å². The molecule has 0 spiro atoms. The van der Waals surface area contributed by atoms with Crippen molar-refractivity contribution in [3.05, 3.63) is 29.1 Å². The quantitative estimate of drug-likeness (QED) is 0.581. The molecule has 2 unspecified atom stereocenters. The van der Waals surface area contributed by atoms with E-state index in [9.17, 15) is 19.8 Å². The Morgan fingerprint density at radius 3 is 2.39 bits per heavy atom. The average Bonchev–Trinajstić information content (AvgIpc) is 2.26. The first-order valence-electron chi connectivity index (χ1n) is 5.10. The van der Waals surface area contributed by atoms with Gasteiger partial charge in [-0.2, -0.15) is 0 Å². The highest BCUT2D eigenvalue weighted by molar-refractivity contribution is 5.86. The van der Waals surface area contributed by atoms with E-state index in [0.717, 1.165) is 6.20 Å². The minimum atomic E-state index is -1.47. The molecular formula is C11H13NO6. The fraction of sp³-hybridized carbons (Fsp3) is 0.364. The summed E-state index contributed by atoms with van der Waals surface area (Å²) < 4.78 is 0. The van der Waals surface area contributed by atoms with E-state index in [1.807, 2.05) is 0 Å². The Morgan fingerprint density at radius 2 is 1.94 bits per heavy atom. The Bertz CT molecular complexity index is 473. The molecule has 0 fully saturated rings. The molecule has 0 aliphatic carbocycles. The molecule has 1 rings (SSSR count). The zero-order valence-electron chi connectivity index (χ0n) is 9.57. The Kier molecular flexibility index (Phi) is 4.35. The van der Waals surface area contributed by atoms with Crippen LogP contribution in [0, 0.1) is 6.92 Å². The van der Waals surface area contributed by atoms with Gasteiger partial charge in [-0.25, -0.2) is 9.78 Å². The summed E-state index contributed by atoms with van der Waals surface area (Å²) in [7, 11) is 0. The molecule has 18 heavy (non-hydrogen) atoms. The number of hydrogen-bond acceptors (Lipinski definition) is 5. The Hall–Kier alpha value is -1.99. The molecule has 1 aromatic heterocycles. The van der Waals surface area contributed by atoms with Gasteiger partial charge in [-0.05, 0) is 18.6 Å². The molecule has 1 aromatic rings. The second-order valence-electron chi connectivity index (χ2n) is 3.85. The number of carboxylic acids is 2. The summed E-state index contributed by atoms with van der Waals surface area (Å²) >= 11 is 0. The van der Waals surface area contributed by atoms with Crippen LogP contribution in [0.15, 0.2) is 12.3 Å². The molecule has 98 valence electrons. The zero-order valence-corrected chi connectivity index (χ0v) is 9.57. The van der Waals surface area contributed by atoms with Crippen molar-refractivity contribution in [3.8, 4) is 0 Å². The van der Waals surface area contributed by atoms with Crippen LogP contribution in [-0.4, -0.2) is 43.5 Å². The lowest BCUT2D eigenvalue weighted by Crippen LogP contribution is -2.22. The molecule has 0 radical (unpaired) electrons. The fourth-order valence-corrected chi connectivity index (χ4v) is 1.49. The lowest BCUT2D eigenvalue weighted by Gasteiger charge is -2.16. The van der Waals surface area contributed by atoms with Crippen LogP contribution in [0.5, 0.6) is 0 Å². The van der Waals surface area contributed by atoms with Gasteiger partial charge in [0.25, 0.3) is 0 Å². The van der Waals surface area contributed by atoms with Crippen molar-refractivity contribution in [2.75, 3.05) is 0 Å². The first-order chi connectivity index (χ1) is 8.32. The molecule has 0 amide bonds. The van der Waals surface area contributed by atoms with Gasteiger partial charge in [-0.15, -0.1) is 0 Å². The van der Waals surface area contributed by atoms with Gasteiger partial charge in [-0.3, -0.25) is 4.79 Å². The number of aromatic nitrogens is 1. The number of nitrogens with zero attached hydrogens (tertiary/aromatic N) is 1. The van der Waals surface area contributed by atoms with E-state index in [4.69, 9.17) is 10.2 Å². The second kappa shape index (κ2) is 5.56. The summed E-state index contributed by atoms with van der Waals surface area (Å²) in [4.78, 5) is 24.8. The Balaban J connectivity index is 2.93. The van der Waals surface area contributed by atoms with Crippen LogP contribution in [0.1, 0.15) is 34.1 Å². The van der Waals surface area contributed by atoms with Crippen molar-refractivity contribution in [2.24, 2.45) is 0 Å². The molecule has 0 aromatic carbocycles. The molecule has 0 aliphatic heterocycles. The number of pyridine rings is 1. The molecule has 7 nitrogen and oxygen atoms in total. The lowest BCUT2D eigenvalue weighted by molar-refractivity contribution is -0.141. The maximum absolute atomic E-state index is 10.7. The van der Waals surface area contributed by atoms with Crippen molar-refractivity contribution < 1.29 is 30.0 Å². The molecule has 0 saturated carbocycles. The predicted molar refractivity (Wildman–Crippen MR) is 59.2 cm³/mol. The monoisotopic (exact) mass is 255 g/mol. The van der Waals surface area contributed by atoms with E-state index in [-0.39, 0.29) is 11.3 Å². The normalized spacial score (nSPS) is 13.9. The van der Waals surface area contributed by atoms with Crippen LogP contribution in [0.3, 0.4) is 0 Å². The van der Waals surface area contributed by atoms with Gasteiger partial charge in [0, 0.05) is 11.8 Å². The van der Waals surface area contributed by atoms with E-state index >= 15 is 0 Å².